The molecule has 1 heterocycles. The van der Waals surface area contributed by atoms with Gasteiger partial charge >= 0.3 is 0 Å². The Bertz CT molecular complexity index is 495. The second-order valence-electron chi connectivity index (χ2n) is 4.88. The molecule has 1 aromatic heterocycles. The van der Waals surface area contributed by atoms with E-state index in [1.54, 1.807) is 0 Å². The number of aromatic nitrogens is 2. The second kappa shape index (κ2) is 6.45. The van der Waals surface area contributed by atoms with Crippen LogP contribution in [0.4, 0.5) is 0 Å². The summed E-state index contributed by atoms with van der Waals surface area (Å²) in [6, 6.07) is 9.84. The molecule has 1 aromatic carbocycles. The molecule has 5 heteroatoms. The Morgan fingerprint density at radius 3 is 2.68 bits per heavy atom. The SMILES string of the molecule is CN(C)CCc1noc(C[C@H](N)c2ccccc2)n1. The standard InChI is InChI=1S/C14H20N4O/c1-18(2)9-8-13-16-14(19-17-13)10-12(15)11-6-4-3-5-7-11/h3-7,12H,8-10,15H2,1-2H3/t12-/m0/s1. The van der Waals surface area contributed by atoms with Crippen molar-refractivity contribution in [2.45, 2.75) is 18.9 Å². The first kappa shape index (κ1) is 13.7. The highest BCUT2D eigenvalue weighted by Gasteiger charge is 2.12. The van der Waals surface area contributed by atoms with Crippen LogP contribution < -0.4 is 5.73 Å². The molecule has 2 N–H and O–H groups in total. The predicted molar refractivity (Wildman–Crippen MR) is 73.6 cm³/mol. The molecule has 0 fully saturated rings. The molecule has 5 nitrogen and oxygen atoms in total. The number of nitrogens with zero attached hydrogens (tertiary/aromatic N) is 3. The third-order valence-corrected chi connectivity index (χ3v) is 2.92. The van der Waals surface area contributed by atoms with Crippen LogP contribution in [0.1, 0.15) is 23.3 Å². The van der Waals surface area contributed by atoms with E-state index in [-0.39, 0.29) is 6.04 Å². The normalized spacial score (nSPS) is 12.8. The van der Waals surface area contributed by atoms with Crippen LogP contribution >= 0.6 is 0 Å². The van der Waals surface area contributed by atoms with Crippen LogP contribution in [0.2, 0.25) is 0 Å². The fraction of sp³-hybridized carbons (Fsp3) is 0.429. The molecule has 1 atom stereocenters. The summed E-state index contributed by atoms with van der Waals surface area (Å²) in [4.78, 5) is 6.45. The number of hydrogen-bond donors (Lipinski definition) is 1. The van der Waals surface area contributed by atoms with Crippen LogP contribution in [0.15, 0.2) is 34.9 Å². The summed E-state index contributed by atoms with van der Waals surface area (Å²) in [6.07, 6.45) is 1.36. The molecule has 0 bridgehead atoms. The molecule has 2 rings (SSSR count). The second-order valence-corrected chi connectivity index (χ2v) is 4.88. The Kier molecular flexibility index (Phi) is 4.65. The molecule has 19 heavy (non-hydrogen) atoms. The smallest absolute Gasteiger partial charge is 0.228 e. The van der Waals surface area contributed by atoms with Gasteiger partial charge in [0.05, 0.1) is 0 Å². The van der Waals surface area contributed by atoms with Gasteiger partial charge in [-0.2, -0.15) is 4.98 Å². The van der Waals surface area contributed by atoms with Gasteiger partial charge in [-0.3, -0.25) is 0 Å². The van der Waals surface area contributed by atoms with E-state index in [9.17, 15) is 0 Å². The summed E-state index contributed by atoms with van der Waals surface area (Å²) >= 11 is 0. The van der Waals surface area contributed by atoms with Gasteiger partial charge in [0, 0.05) is 25.4 Å². The molecule has 0 aliphatic heterocycles. The average Bonchev–Trinajstić information content (AvgIpc) is 2.85. The zero-order valence-corrected chi connectivity index (χ0v) is 11.4. The lowest BCUT2D eigenvalue weighted by Crippen LogP contribution is -2.16. The van der Waals surface area contributed by atoms with Gasteiger partial charge in [0.15, 0.2) is 5.82 Å². The van der Waals surface area contributed by atoms with Crippen molar-refractivity contribution in [2.75, 3.05) is 20.6 Å². The van der Waals surface area contributed by atoms with Crippen molar-refractivity contribution in [1.29, 1.82) is 0 Å². The van der Waals surface area contributed by atoms with Crippen LogP contribution in [0.25, 0.3) is 0 Å². The maximum Gasteiger partial charge on any atom is 0.228 e. The van der Waals surface area contributed by atoms with Gasteiger partial charge < -0.3 is 15.2 Å². The van der Waals surface area contributed by atoms with Crippen molar-refractivity contribution in [1.82, 2.24) is 15.0 Å². The number of nitrogens with two attached hydrogens (primary N) is 1. The van der Waals surface area contributed by atoms with Crippen molar-refractivity contribution >= 4 is 0 Å². The third kappa shape index (κ3) is 4.15. The Morgan fingerprint density at radius 1 is 1.26 bits per heavy atom. The van der Waals surface area contributed by atoms with E-state index in [1.807, 2.05) is 44.4 Å². The first-order valence-corrected chi connectivity index (χ1v) is 6.42. The molecule has 0 aliphatic carbocycles. The van der Waals surface area contributed by atoms with E-state index in [0.717, 1.165) is 24.4 Å². The minimum absolute atomic E-state index is 0.108. The van der Waals surface area contributed by atoms with Gasteiger partial charge in [-0.05, 0) is 19.7 Å². The van der Waals surface area contributed by atoms with Crippen molar-refractivity contribution < 1.29 is 4.52 Å². The highest BCUT2D eigenvalue weighted by atomic mass is 16.5. The number of likely N-dealkylation sites (N-methyl/N-ethyl adjacent to an activating group) is 1. The van der Waals surface area contributed by atoms with Gasteiger partial charge in [0.1, 0.15) is 0 Å². The molecule has 102 valence electrons. The third-order valence-electron chi connectivity index (χ3n) is 2.92. The Hall–Kier alpha value is -1.72. The van der Waals surface area contributed by atoms with Crippen molar-refractivity contribution in [3.05, 3.63) is 47.6 Å². The van der Waals surface area contributed by atoms with Crippen LogP contribution in [0.5, 0.6) is 0 Å². The quantitative estimate of drug-likeness (QED) is 0.850. The molecular formula is C14H20N4O. The molecule has 2 aromatic rings. The van der Waals surface area contributed by atoms with E-state index in [4.69, 9.17) is 10.3 Å². The van der Waals surface area contributed by atoms with Crippen LogP contribution in [-0.2, 0) is 12.8 Å². The molecule has 0 spiro atoms. The number of hydrogen-bond acceptors (Lipinski definition) is 5. The van der Waals surface area contributed by atoms with Crippen molar-refractivity contribution in [3.63, 3.8) is 0 Å². The minimum atomic E-state index is -0.108. The lowest BCUT2D eigenvalue weighted by molar-refractivity contribution is 0.359. The molecule has 0 radical (unpaired) electrons. The van der Waals surface area contributed by atoms with Crippen LogP contribution in [-0.4, -0.2) is 35.7 Å². The Balaban J connectivity index is 1.93. The summed E-state index contributed by atoms with van der Waals surface area (Å²) in [6.45, 7) is 0.906. The monoisotopic (exact) mass is 260 g/mol. The first-order chi connectivity index (χ1) is 9.15. The van der Waals surface area contributed by atoms with Gasteiger partial charge in [0.25, 0.3) is 0 Å². The summed E-state index contributed by atoms with van der Waals surface area (Å²) in [5.74, 6) is 1.34. The van der Waals surface area contributed by atoms with Crippen molar-refractivity contribution in [3.8, 4) is 0 Å². The van der Waals surface area contributed by atoms with Crippen molar-refractivity contribution in [2.24, 2.45) is 5.73 Å². The fourth-order valence-corrected chi connectivity index (χ4v) is 1.80. The molecular weight excluding hydrogens is 240 g/mol. The van der Waals surface area contributed by atoms with E-state index in [1.165, 1.54) is 0 Å². The van der Waals surface area contributed by atoms with Gasteiger partial charge in [-0.25, -0.2) is 0 Å². The molecule has 0 saturated heterocycles. The highest BCUT2D eigenvalue weighted by Crippen LogP contribution is 2.14. The Labute approximate surface area is 113 Å². The maximum atomic E-state index is 6.12. The predicted octanol–water partition coefficient (Wildman–Crippen LogP) is 1.42. The maximum absolute atomic E-state index is 6.12. The number of benzene rings is 1. The largest absolute Gasteiger partial charge is 0.339 e. The van der Waals surface area contributed by atoms with Gasteiger partial charge in [-0.15, -0.1) is 0 Å². The minimum Gasteiger partial charge on any atom is -0.339 e. The fourth-order valence-electron chi connectivity index (χ4n) is 1.80. The zero-order valence-electron chi connectivity index (χ0n) is 11.4. The van der Waals surface area contributed by atoms with Gasteiger partial charge in [0.2, 0.25) is 5.89 Å². The van der Waals surface area contributed by atoms with E-state index >= 15 is 0 Å². The van der Waals surface area contributed by atoms with E-state index < -0.39 is 0 Å². The lowest BCUT2D eigenvalue weighted by atomic mass is 10.1. The molecule has 0 aliphatic rings. The van der Waals surface area contributed by atoms with E-state index in [2.05, 4.69) is 15.0 Å². The zero-order chi connectivity index (χ0) is 13.7. The molecule has 0 amide bonds. The summed E-state index contributed by atoms with van der Waals surface area (Å²) in [5, 5.41) is 3.97. The van der Waals surface area contributed by atoms with Crippen LogP contribution in [0, 0.1) is 0 Å². The van der Waals surface area contributed by atoms with Crippen LogP contribution in [0.3, 0.4) is 0 Å². The summed E-state index contributed by atoms with van der Waals surface area (Å²) in [5.41, 5.74) is 7.20. The average molecular weight is 260 g/mol. The Morgan fingerprint density at radius 2 is 2.00 bits per heavy atom. The van der Waals surface area contributed by atoms with E-state index in [0.29, 0.717) is 12.3 Å². The molecule has 0 saturated carbocycles. The summed E-state index contributed by atoms with van der Waals surface area (Å²) < 4.78 is 5.23. The number of rotatable bonds is 6. The van der Waals surface area contributed by atoms with Gasteiger partial charge in [-0.1, -0.05) is 35.5 Å². The molecule has 0 unspecified atom stereocenters. The lowest BCUT2D eigenvalue weighted by Gasteiger charge is -2.08. The topological polar surface area (TPSA) is 68.2 Å². The summed E-state index contributed by atoms with van der Waals surface area (Å²) in [7, 11) is 4.04. The highest BCUT2D eigenvalue weighted by molar-refractivity contribution is 5.19. The first-order valence-electron chi connectivity index (χ1n) is 6.42.